The van der Waals surface area contributed by atoms with Gasteiger partial charge < -0.3 is 15.7 Å². The summed E-state index contributed by atoms with van der Waals surface area (Å²) in [6.07, 6.45) is 0. The molecule has 5 heteroatoms. The summed E-state index contributed by atoms with van der Waals surface area (Å²) in [7, 11) is 0. The van der Waals surface area contributed by atoms with Gasteiger partial charge in [-0.15, -0.1) is 12.6 Å². The minimum absolute atomic E-state index is 0.172. The summed E-state index contributed by atoms with van der Waals surface area (Å²) in [5.74, 6) is 0. The van der Waals surface area contributed by atoms with Gasteiger partial charge in [0.25, 0.3) is 0 Å². The minimum Gasteiger partial charge on any atom is -0.395 e. The highest BCUT2D eigenvalue weighted by Crippen LogP contribution is 1.74. The van der Waals surface area contributed by atoms with Crippen molar-refractivity contribution in [3.8, 4) is 0 Å². The molecule has 0 spiro atoms. The van der Waals surface area contributed by atoms with Gasteiger partial charge in [0.15, 0.2) is 0 Å². The summed E-state index contributed by atoms with van der Waals surface area (Å²) in [4.78, 5) is 0. The molecule has 0 aromatic rings. The third-order valence-corrected chi connectivity index (χ3v) is 1.17. The summed E-state index contributed by atoms with van der Waals surface area (Å²) >= 11 is 8.52. The Morgan fingerprint density at radius 2 is 2.10 bits per heavy atom. The van der Waals surface area contributed by atoms with Crippen molar-refractivity contribution in [3.05, 3.63) is 0 Å². The Hall–Kier alpha value is 0.160. The van der Waals surface area contributed by atoms with Crippen molar-refractivity contribution < 1.29 is 5.11 Å². The van der Waals surface area contributed by atoms with Crippen LogP contribution in [0.1, 0.15) is 0 Å². The van der Waals surface area contributed by atoms with Gasteiger partial charge in [-0.2, -0.15) is 0 Å². The molecule has 0 atom stereocenters. The van der Waals surface area contributed by atoms with Gasteiger partial charge in [0.2, 0.25) is 0 Å². The molecule has 0 unspecified atom stereocenters. The van der Waals surface area contributed by atoms with Gasteiger partial charge in [-0.25, -0.2) is 0 Å². The molecule has 0 saturated carbocycles. The maximum Gasteiger partial charge on any atom is 0.130 e. The Morgan fingerprint density at radius 1 is 1.40 bits per heavy atom. The zero-order chi connectivity index (χ0) is 7.82. The number of hydrogen-bond acceptors (Lipinski definition) is 3. The normalized spacial score (nSPS) is 9.40. The van der Waals surface area contributed by atoms with Crippen LogP contribution in [0.4, 0.5) is 0 Å². The van der Waals surface area contributed by atoms with Crippen molar-refractivity contribution in [2.45, 2.75) is 0 Å². The highest BCUT2D eigenvalue weighted by molar-refractivity contribution is 8.11. The minimum atomic E-state index is 0.172. The predicted octanol–water partition coefficient (Wildman–Crippen LogP) is -0.627. The number of thiocarbonyl (C=S) groups is 1. The average molecular weight is 180 g/mol. The molecule has 0 amide bonds. The Kier molecular flexibility index (Phi) is 7.39. The molecular weight excluding hydrogens is 168 g/mol. The van der Waals surface area contributed by atoms with E-state index in [0.717, 1.165) is 13.1 Å². The molecule has 0 aliphatic heterocycles. The lowest BCUT2D eigenvalue weighted by Crippen LogP contribution is -2.30. The van der Waals surface area contributed by atoms with Crippen molar-refractivity contribution >= 4 is 29.2 Å². The summed E-state index contributed by atoms with van der Waals surface area (Å²) in [6.45, 7) is 2.34. The van der Waals surface area contributed by atoms with Crippen molar-refractivity contribution in [1.82, 2.24) is 10.6 Å². The number of rotatable bonds is 5. The van der Waals surface area contributed by atoms with E-state index in [1.165, 1.54) is 0 Å². The molecule has 0 heterocycles. The van der Waals surface area contributed by atoms with E-state index in [9.17, 15) is 0 Å². The maximum atomic E-state index is 8.35. The van der Waals surface area contributed by atoms with Crippen LogP contribution in [0.15, 0.2) is 0 Å². The molecule has 0 saturated heterocycles. The second-order valence-corrected chi connectivity index (χ2v) is 2.86. The van der Waals surface area contributed by atoms with E-state index in [1.807, 2.05) is 0 Å². The van der Waals surface area contributed by atoms with Gasteiger partial charge in [-0.05, 0) is 0 Å². The van der Waals surface area contributed by atoms with Gasteiger partial charge in [-0.3, -0.25) is 0 Å². The molecule has 0 aromatic carbocycles. The zero-order valence-corrected chi connectivity index (χ0v) is 7.34. The summed E-state index contributed by atoms with van der Waals surface area (Å²) in [6, 6.07) is 0. The molecule has 60 valence electrons. The van der Waals surface area contributed by atoms with E-state index in [2.05, 4.69) is 35.5 Å². The van der Waals surface area contributed by atoms with Gasteiger partial charge in [-0.1, -0.05) is 12.2 Å². The van der Waals surface area contributed by atoms with Gasteiger partial charge in [0.05, 0.1) is 6.61 Å². The van der Waals surface area contributed by atoms with Crippen LogP contribution in [-0.4, -0.2) is 35.7 Å². The topological polar surface area (TPSA) is 44.3 Å². The Labute approximate surface area is 71.6 Å². The standard InChI is InChI=1S/C5H12N2OS2/c8-4-3-6-1-2-7-5(9)10/h6,8H,1-4H2,(H2,7,9,10). The van der Waals surface area contributed by atoms with E-state index in [4.69, 9.17) is 5.11 Å². The molecule has 0 rings (SSSR count). The molecule has 0 bridgehead atoms. The fraction of sp³-hybridized carbons (Fsp3) is 0.800. The molecule has 0 aliphatic rings. The van der Waals surface area contributed by atoms with E-state index in [-0.39, 0.29) is 6.61 Å². The van der Waals surface area contributed by atoms with Crippen LogP contribution in [-0.2, 0) is 0 Å². The van der Waals surface area contributed by atoms with Crippen LogP contribution in [0.2, 0.25) is 0 Å². The van der Waals surface area contributed by atoms with Crippen LogP contribution < -0.4 is 10.6 Å². The highest BCUT2D eigenvalue weighted by Gasteiger charge is 1.86. The molecule has 10 heavy (non-hydrogen) atoms. The summed E-state index contributed by atoms with van der Waals surface area (Å²) in [5.41, 5.74) is 0. The maximum absolute atomic E-state index is 8.35. The van der Waals surface area contributed by atoms with E-state index in [0.29, 0.717) is 10.9 Å². The first-order valence-corrected chi connectivity index (χ1v) is 3.91. The van der Waals surface area contributed by atoms with Gasteiger partial charge in [0, 0.05) is 19.6 Å². The first-order valence-electron chi connectivity index (χ1n) is 3.05. The zero-order valence-electron chi connectivity index (χ0n) is 5.63. The Bertz CT molecular complexity index is 99.6. The third kappa shape index (κ3) is 8.16. The second-order valence-electron chi connectivity index (χ2n) is 1.71. The molecule has 0 aromatic heterocycles. The van der Waals surface area contributed by atoms with Crippen LogP contribution >= 0.6 is 24.8 Å². The van der Waals surface area contributed by atoms with Crippen molar-refractivity contribution in [1.29, 1.82) is 0 Å². The molecule has 3 nitrogen and oxygen atoms in total. The first kappa shape index (κ1) is 10.2. The van der Waals surface area contributed by atoms with E-state index in [1.54, 1.807) is 0 Å². The Balaban J connectivity index is 2.84. The van der Waals surface area contributed by atoms with Crippen LogP contribution in [0.3, 0.4) is 0 Å². The molecule has 0 aliphatic carbocycles. The largest absolute Gasteiger partial charge is 0.395 e. The van der Waals surface area contributed by atoms with Crippen molar-refractivity contribution in [3.63, 3.8) is 0 Å². The van der Waals surface area contributed by atoms with Crippen molar-refractivity contribution in [2.24, 2.45) is 0 Å². The van der Waals surface area contributed by atoms with Gasteiger partial charge >= 0.3 is 0 Å². The lowest BCUT2D eigenvalue weighted by molar-refractivity contribution is 0.293. The van der Waals surface area contributed by atoms with E-state index < -0.39 is 0 Å². The molecule has 3 N–H and O–H groups in total. The quantitative estimate of drug-likeness (QED) is 0.258. The predicted molar refractivity (Wildman–Crippen MR) is 49.5 cm³/mol. The van der Waals surface area contributed by atoms with Gasteiger partial charge in [0.1, 0.15) is 4.32 Å². The lowest BCUT2D eigenvalue weighted by atomic mass is 10.6. The number of aliphatic hydroxyl groups is 1. The Morgan fingerprint density at radius 3 is 2.60 bits per heavy atom. The summed E-state index contributed by atoms with van der Waals surface area (Å²) < 4.78 is 0.505. The SMILES string of the molecule is OCCNCCNC(=S)S. The fourth-order valence-electron chi connectivity index (χ4n) is 0.462. The average Bonchev–Trinajstić information content (AvgIpc) is 1.87. The lowest BCUT2D eigenvalue weighted by Gasteiger charge is -2.03. The van der Waals surface area contributed by atoms with Crippen LogP contribution in [0.5, 0.6) is 0 Å². The van der Waals surface area contributed by atoms with Crippen LogP contribution in [0, 0.1) is 0 Å². The number of nitrogens with one attached hydrogen (secondary N) is 2. The second kappa shape index (κ2) is 7.27. The molecular formula is C5H12N2OS2. The van der Waals surface area contributed by atoms with Crippen molar-refractivity contribution in [2.75, 3.05) is 26.2 Å². The van der Waals surface area contributed by atoms with E-state index >= 15 is 0 Å². The fourth-order valence-corrected chi connectivity index (χ4v) is 0.676. The number of thiol groups is 1. The monoisotopic (exact) mass is 180 g/mol. The highest BCUT2D eigenvalue weighted by atomic mass is 32.1. The smallest absolute Gasteiger partial charge is 0.130 e. The third-order valence-electron chi connectivity index (χ3n) is 0.867. The number of aliphatic hydroxyl groups excluding tert-OH is 1. The molecule has 0 fully saturated rings. The van der Waals surface area contributed by atoms with Crippen LogP contribution in [0.25, 0.3) is 0 Å². The number of hydrogen-bond donors (Lipinski definition) is 4. The molecule has 0 radical (unpaired) electrons. The summed E-state index contributed by atoms with van der Waals surface area (Å²) in [5, 5.41) is 14.2. The first-order chi connectivity index (χ1) is 4.77.